The molecule has 5 rings (SSSR count). The van der Waals surface area contributed by atoms with Crippen molar-refractivity contribution in [3.63, 3.8) is 0 Å². The van der Waals surface area contributed by atoms with Crippen LogP contribution in [0.4, 0.5) is 5.88 Å². The van der Waals surface area contributed by atoms with Gasteiger partial charge in [0.1, 0.15) is 35.4 Å². The summed E-state index contributed by atoms with van der Waals surface area (Å²) < 4.78 is 21.5. The summed E-state index contributed by atoms with van der Waals surface area (Å²) in [5.41, 5.74) is 2.12. The summed E-state index contributed by atoms with van der Waals surface area (Å²) in [4.78, 5) is 50.9. The van der Waals surface area contributed by atoms with E-state index in [1.54, 1.807) is 67.8 Å². The van der Waals surface area contributed by atoms with E-state index in [0.717, 1.165) is 4.90 Å². The van der Waals surface area contributed by atoms with E-state index < -0.39 is 36.8 Å². The van der Waals surface area contributed by atoms with Crippen LogP contribution in [0.2, 0.25) is 0 Å². The van der Waals surface area contributed by atoms with Crippen molar-refractivity contribution in [2.75, 3.05) is 32.7 Å². The van der Waals surface area contributed by atoms with E-state index in [9.17, 15) is 24.4 Å². The van der Waals surface area contributed by atoms with Crippen molar-refractivity contribution in [3.8, 4) is 40.0 Å². The standard InChI is InChI=1S/C31H23N3O8/c1-39-20-11-7-18(8-12-20)27-24(15-32)29(42-28(27)19-9-13-21(40-2)14-10-19)33-25(35)17-41-26(36)16-34-30(37)22-5-3-4-6-23(22)31(34)38/h3-14H,16-17H2,1-2H3,(H,33,35). The van der Waals surface area contributed by atoms with E-state index >= 15 is 0 Å². The zero-order valence-electron chi connectivity index (χ0n) is 22.5. The monoisotopic (exact) mass is 565 g/mol. The second kappa shape index (κ2) is 11.7. The first kappa shape index (κ1) is 27.7. The summed E-state index contributed by atoms with van der Waals surface area (Å²) in [6.07, 6.45) is 0. The number of esters is 1. The van der Waals surface area contributed by atoms with Gasteiger partial charge in [-0.1, -0.05) is 24.3 Å². The minimum atomic E-state index is -0.961. The Balaban J connectivity index is 1.34. The van der Waals surface area contributed by atoms with Crippen LogP contribution in [0.25, 0.3) is 22.5 Å². The normalized spacial score (nSPS) is 12.0. The van der Waals surface area contributed by atoms with Gasteiger partial charge in [0.15, 0.2) is 6.61 Å². The third-order valence-corrected chi connectivity index (χ3v) is 6.53. The van der Waals surface area contributed by atoms with Crippen molar-refractivity contribution < 1.29 is 37.8 Å². The Hall–Kier alpha value is -5.89. The lowest BCUT2D eigenvalue weighted by Gasteiger charge is -2.12. The Kier molecular flexibility index (Phi) is 7.70. The summed E-state index contributed by atoms with van der Waals surface area (Å²) in [7, 11) is 3.08. The first-order chi connectivity index (χ1) is 20.3. The predicted molar refractivity (Wildman–Crippen MR) is 149 cm³/mol. The molecule has 0 bridgehead atoms. The average Bonchev–Trinajstić information content (AvgIpc) is 3.50. The van der Waals surface area contributed by atoms with Crippen LogP contribution in [0.3, 0.4) is 0 Å². The Labute approximate surface area is 239 Å². The summed E-state index contributed by atoms with van der Waals surface area (Å²) in [5, 5.41) is 12.5. The maximum atomic E-state index is 12.8. The molecule has 0 saturated carbocycles. The average molecular weight is 566 g/mol. The van der Waals surface area contributed by atoms with Crippen molar-refractivity contribution in [1.82, 2.24) is 4.90 Å². The maximum absolute atomic E-state index is 12.8. The predicted octanol–water partition coefficient (Wildman–Crippen LogP) is 4.28. The number of ether oxygens (including phenoxy) is 3. The fourth-order valence-electron chi connectivity index (χ4n) is 4.47. The molecule has 2 heterocycles. The van der Waals surface area contributed by atoms with Crippen LogP contribution in [-0.4, -0.2) is 56.0 Å². The SMILES string of the molecule is COc1ccc(-c2oc(NC(=O)COC(=O)CN3C(=O)c4ccccc4C3=O)c(C#N)c2-c2ccc(OC)cc2)cc1. The fraction of sp³-hybridized carbons (Fsp3) is 0.129. The molecule has 11 heteroatoms. The van der Waals surface area contributed by atoms with Crippen LogP contribution in [0.5, 0.6) is 11.5 Å². The molecule has 0 atom stereocenters. The number of rotatable bonds is 9. The Morgan fingerprint density at radius 1 is 0.857 bits per heavy atom. The number of nitrogens with zero attached hydrogens (tertiary/aromatic N) is 2. The van der Waals surface area contributed by atoms with Crippen LogP contribution in [-0.2, 0) is 14.3 Å². The third kappa shape index (κ3) is 5.29. The molecule has 1 aliphatic heterocycles. The lowest BCUT2D eigenvalue weighted by Crippen LogP contribution is -2.36. The summed E-state index contributed by atoms with van der Waals surface area (Å²) >= 11 is 0. The first-order valence-corrected chi connectivity index (χ1v) is 12.6. The number of hydrogen-bond acceptors (Lipinski definition) is 9. The number of nitrogens with one attached hydrogen (secondary N) is 1. The molecule has 210 valence electrons. The van der Waals surface area contributed by atoms with Gasteiger partial charge in [-0.2, -0.15) is 5.26 Å². The molecule has 1 N–H and O–H groups in total. The second-order valence-electron chi connectivity index (χ2n) is 9.03. The quantitative estimate of drug-likeness (QED) is 0.232. The van der Waals surface area contributed by atoms with E-state index in [0.29, 0.717) is 33.9 Å². The minimum absolute atomic E-state index is 0.0525. The van der Waals surface area contributed by atoms with Crippen molar-refractivity contribution >= 4 is 29.6 Å². The molecule has 0 spiro atoms. The summed E-state index contributed by atoms with van der Waals surface area (Å²) in [6.45, 7) is -1.41. The number of methoxy groups -OCH3 is 2. The van der Waals surface area contributed by atoms with Gasteiger partial charge in [-0.3, -0.25) is 29.4 Å². The summed E-state index contributed by atoms with van der Waals surface area (Å²) in [5.74, 6) is -1.59. The van der Waals surface area contributed by atoms with Crippen LogP contribution in [0.1, 0.15) is 26.3 Å². The van der Waals surface area contributed by atoms with Gasteiger partial charge in [-0.25, -0.2) is 0 Å². The molecular weight excluding hydrogens is 542 g/mol. The van der Waals surface area contributed by atoms with Crippen molar-refractivity contribution in [1.29, 1.82) is 5.26 Å². The fourth-order valence-corrected chi connectivity index (χ4v) is 4.47. The molecule has 0 saturated heterocycles. The van der Waals surface area contributed by atoms with Crippen molar-refractivity contribution in [3.05, 3.63) is 89.5 Å². The van der Waals surface area contributed by atoms with Gasteiger partial charge >= 0.3 is 5.97 Å². The number of benzene rings is 3. The van der Waals surface area contributed by atoms with Crippen molar-refractivity contribution in [2.45, 2.75) is 0 Å². The highest BCUT2D eigenvalue weighted by molar-refractivity contribution is 6.22. The lowest BCUT2D eigenvalue weighted by molar-refractivity contribution is -0.147. The maximum Gasteiger partial charge on any atom is 0.326 e. The Bertz CT molecular complexity index is 1700. The molecule has 0 fully saturated rings. The smallest absolute Gasteiger partial charge is 0.326 e. The first-order valence-electron chi connectivity index (χ1n) is 12.6. The number of furan rings is 1. The van der Waals surface area contributed by atoms with Gasteiger partial charge in [0.2, 0.25) is 5.88 Å². The Morgan fingerprint density at radius 2 is 1.40 bits per heavy atom. The number of carbonyl (C=O) groups is 4. The van der Waals surface area contributed by atoms with E-state index in [1.165, 1.54) is 19.2 Å². The van der Waals surface area contributed by atoms with Gasteiger partial charge in [-0.15, -0.1) is 0 Å². The van der Waals surface area contributed by atoms with E-state index in [-0.39, 0.29) is 22.6 Å². The van der Waals surface area contributed by atoms with E-state index in [4.69, 9.17) is 18.6 Å². The van der Waals surface area contributed by atoms with Crippen molar-refractivity contribution in [2.24, 2.45) is 0 Å². The molecule has 0 radical (unpaired) electrons. The highest BCUT2D eigenvalue weighted by Gasteiger charge is 2.36. The van der Waals surface area contributed by atoms with Crippen LogP contribution in [0.15, 0.2) is 77.2 Å². The number of carbonyl (C=O) groups excluding carboxylic acids is 4. The topological polar surface area (TPSA) is 148 Å². The van der Waals surface area contributed by atoms with Gasteiger partial charge < -0.3 is 18.6 Å². The molecule has 4 aromatic rings. The molecule has 0 unspecified atom stereocenters. The number of hydrogen-bond donors (Lipinski definition) is 1. The van der Waals surface area contributed by atoms with Crippen LogP contribution < -0.4 is 14.8 Å². The van der Waals surface area contributed by atoms with E-state index in [2.05, 4.69) is 11.4 Å². The highest BCUT2D eigenvalue weighted by Crippen LogP contribution is 2.42. The van der Waals surface area contributed by atoms with Crippen LogP contribution >= 0.6 is 0 Å². The second-order valence-corrected chi connectivity index (χ2v) is 9.03. The molecule has 3 aromatic carbocycles. The minimum Gasteiger partial charge on any atom is -0.497 e. The molecular formula is C31H23N3O8. The van der Waals surface area contributed by atoms with Gasteiger partial charge in [-0.05, 0) is 54.1 Å². The lowest BCUT2D eigenvalue weighted by atomic mass is 9.98. The highest BCUT2D eigenvalue weighted by atomic mass is 16.5. The summed E-state index contributed by atoms with van der Waals surface area (Å²) in [6, 6.07) is 22.2. The number of amides is 3. The zero-order chi connectivity index (χ0) is 29.8. The molecule has 42 heavy (non-hydrogen) atoms. The molecule has 1 aromatic heterocycles. The Morgan fingerprint density at radius 3 is 1.93 bits per heavy atom. The van der Waals surface area contributed by atoms with E-state index in [1.807, 2.05) is 0 Å². The number of anilines is 1. The van der Waals surface area contributed by atoms with Crippen LogP contribution in [0, 0.1) is 11.3 Å². The largest absolute Gasteiger partial charge is 0.497 e. The molecule has 1 aliphatic rings. The van der Waals surface area contributed by atoms with Gasteiger partial charge in [0, 0.05) is 11.1 Å². The number of nitriles is 1. The van der Waals surface area contributed by atoms with Gasteiger partial charge in [0.05, 0.1) is 25.3 Å². The third-order valence-electron chi connectivity index (χ3n) is 6.53. The molecule has 0 aliphatic carbocycles. The van der Waals surface area contributed by atoms with Gasteiger partial charge in [0.25, 0.3) is 17.7 Å². The number of fused-ring (bicyclic) bond motifs is 1. The number of imide groups is 1. The molecule has 3 amide bonds. The zero-order valence-corrected chi connectivity index (χ0v) is 22.5. The molecule has 11 nitrogen and oxygen atoms in total.